The van der Waals surface area contributed by atoms with E-state index in [1.54, 1.807) is 0 Å². The molecular weight excluding hydrogens is 400 g/mol. The number of hydrogen-bond acceptors (Lipinski definition) is 2. The lowest BCUT2D eigenvalue weighted by atomic mass is 9.82. The Labute approximate surface area is 201 Å². The molecule has 0 aromatic heterocycles. The van der Waals surface area contributed by atoms with E-state index < -0.39 is 9.84 Å². The molecule has 0 amide bonds. The summed E-state index contributed by atoms with van der Waals surface area (Å²) in [5, 5.41) is 0. The molecule has 3 heteroatoms. The van der Waals surface area contributed by atoms with Gasteiger partial charge in [-0.05, 0) is 27.4 Å². The van der Waals surface area contributed by atoms with Gasteiger partial charge in [-0.3, -0.25) is 0 Å². The van der Waals surface area contributed by atoms with E-state index in [4.69, 9.17) is 0 Å². The van der Waals surface area contributed by atoms with Gasteiger partial charge < -0.3 is 0 Å². The fraction of sp³-hybridized carbons (Fsp3) is 0.786. The highest BCUT2D eigenvalue weighted by Crippen LogP contribution is 2.26. The van der Waals surface area contributed by atoms with Crippen LogP contribution in [0, 0.1) is 5.41 Å². The third kappa shape index (κ3) is 48.0. The second-order valence-electron chi connectivity index (χ2n) is 10.9. The van der Waals surface area contributed by atoms with Crippen molar-refractivity contribution in [2.75, 3.05) is 12.5 Å². The first-order valence-corrected chi connectivity index (χ1v) is 12.2. The molecule has 1 aromatic carbocycles. The molecule has 0 unspecified atom stereocenters. The molecule has 0 atom stereocenters. The Morgan fingerprint density at radius 1 is 0.581 bits per heavy atom. The second kappa shape index (κ2) is 19.8. The highest BCUT2D eigenvalue weighted by Gasteiger charge is 2.16. The van der Waals surface area contributed by atoms with E-state index in [2.05, 4.69) is 107 Å². The minimum Gasteiger partial charge on any atom is -0.229 e. The van der Waals surface area contributed by atoms with E-state index in [0.717, 1.165) is 12.5 Å². The highest BCUT2D eigenvalue weighted by molar-refractivity contribution is 7.89. The normalized spacial score (nSPS) is 10.3. The lowest BCUT2D eigenvalue weighted by Crippen LogP contribution is -2.14. The van der Waals surface area contributed by atoms with Gasteiger partial charge in [0.2, 0.25) is 0 Å². The zero-order valence-electron chi connectivity index (χ0n) is 20.7. The smallest absolute Gasteiger partial charge is 0.144 e. The second-order valence-corrected chi connectivity index (χ2v) is 13.2. The van der Waals surface area contributed by atoms with Crippen molar-refractivity contribution >= 4 is 9.84 Å². The molecule has 0 spiro atoms. The fourth-order valence-electron chi connectivity index (χ4n) is 1.47. The SMILES string of the molecule is C.C.C.C.CC(C)(C)C.CC(C)(C)c1ccc(C(C)(C)C)cc1.CCC.CS(C)(=O)=O. The Hall–Kier alpha value is -0.830. The van der Waals surface area contributed by atoms with E-state index in [-0.39, 0.29) is 40.5 Å². The van der Waals surface area contributed by atoms with Crippen LogP contribution < -0.4 is 0 Å². The van der Waals surface area contributed by atoms with Crippen LogP contribution >= 0.6 is 0 Å². The van der Waals surface area contributed by atoms with Crippen molar-refractivity contribution in [2.45, 2.75) is 130 Å². The molecule has 0 aliphatic heterocycles. The van der Waals surface area contributed by atoms with E-state index in [1.165, 1.54) is 17.5 Å². The Kier molecular flexibility index (Phi) is 30.6. The van der Waals surface area contributed by atoms with Gasteiger partial charge >= 0.3 is 0 Å². The van der Waals surface area contributed by atoms with Crippen molar-refractivity contribution in [2.24, 2.45) is 5.41 Å². The van der Waals surface area contributed by atoms with Crippen LogP contribution in [-0.4, -0.2) is 20.9 Å². The van der Waals surface area contributed by atoms with Gasteiger partial charge in [-0.1, -0.05) is 143 Å². The molecule has 0 aliphatic carbocycles. The van der Waals surface area contributed by atoms with Gasteiger partial charge in [0.05, 0.1) is 0 Å². The molecule has 194 valence electrons. The molecule has 1 rings (SSSR count). The Morgan fingerprint density at radius 3 is 0.742 bits per heavy atom. The monoisotopic (exact) mass is 464 g/mol. The summed E-state index contributed by atoms with van der Waals surface area (Å²) >= 11 is 0. The lowest BCUT2D eigenvalue weighted by Gasteiger charge is -2.23. The van der Waals surface area contributed by atoms with Crippen LogP contribution in [0.2, 0.25) is 0 Å². The summed E-state index contributed by atoms with van der Waals surface area (Å²) in [6, 6.07) is 9.00. The highest BCUT2D eigenvalue weighted by atomic mass is 32.2. The van der Waals surface area contributed by atoms with E-state index in [1.807, 2.05) is 0 Å². The summed E-state index contributed by atoms with van der Waals surface area (Å²) in [7, 11) is -2.67. The Balaban J connectivity index is -0.0000000577. The first-order valence-electron chi connectivity index (χ1n) is 9.89. The topological polar surface area (TPSA) is 34.1 Å². The first kappa shape index (κ1) is 47.8. The molecule has 0 radical (unpaired) electrons. The molecule has 0 heterocycles. The molecular formula is C28H64O2S. The molecule has 31 heavy (non-hydrogen) atoms. The van der Waals surface area contributed by atoms with Crippen LogP contribution in [0.25, 0.3) is 0 Å². The standard InChI is InChI=1S/C14H22.C5H12.C3H8.C2H6O2S.4CH4/c1-13(2,3)11-7-9-12(10-8-11)14(4,5)6;1-5(2,3)4;1-3-2;1-5(2,3)4;;;;/h7-10H,1-6H3;1-4H3;3H2,1-2H3;1-2H3;4*1H4. The summed E-state index contributed by atoms with van der Waals surface area (Å²) in [6.45, 7) is 26.5. The van der Waals surface area contributed by atoms with Crippen molar-refractivity contribution in [1.82, 2.24) is 0 Å². The molecule has 2 nitrogen and oxygen atoms in total. The van der Waals surface area contributed by atoms with Crippen LogP contribution in [-0.2, 0) is 20.7 Å². The predicted octanol–water partition coefficient (Wildman–Crippen LogP) is 9.96. The summed E-state index contributed by atoms with van der Waals surface area (Å²) in [5.74, 6) is 0. The molecule has 0 saturated carbocycles. The summed E-state index contributed by atoms with van der Waals surface area (Å²) < 4.78 is 19.3. The molecule has 0 saturated heterocycles. The zero-order chi connectivity index (χ0) is 22.7. The van der Waals surface area contributed by atoms with Gasteiger partial charge in [-0.15, -0.1) is 0 Å². The summed E-state index contributed by atoms with van der Waals surface area (Å²) in [6.07, 6.45) is 3.57. The van der Waals surface area contributed by atoms with Crippen LogP contribution in [0.3, 0.4) is 0 Å². The predicted molar refractivity (Wildman–Crippen MR) is 153 cm³/mol. The quantitative estimate of drug-likeness (QED) is 0.382. The van der Waals surface area contributed by atoms with Crippen molar-refractivity contribution in [3.8, 4) is 0 Å². The number of rotatable bonds is 0. The molecule has 0 N–H and O–H groups in total. The zero-order valence-corrected chi connectivity index (χ0v) is 21.6. The largest absolute Gasteiger partial charge is 0.229 e. The van der Waals surface area contributed by atoms with Crippen molar-refractivity contribution in [3.05, 3.63) is 35.4 Å². The maximum absolute atomic E-state index is 9.63. The van der Waals surface area contributed by atoms with Crippen LogP contribution in [0.1, 0.15) is 130 Å². The van der Waals surface area contributed by atoms with Crippen LogP contribution in [0.5, 0.6) is 0 Å². The van der Waals surface area contributed by atoms with Gasteiger partial charge in [-0.25, -0.2) is 8.42 Å². The maximum Gasteiger partial charge on any atom is 0.144 e. The minimum absolute atomic E-state index is 0. The number of sulfone groups is 1. The summed E-state index contributed by atoms with van der Waals surface area (Å²) in [5.41, 5.74) is 3.84. The molecule has 0 fully saturated rings. The van der Waals surface area contributed by atoms with Gasteiger partial charge in [-0.2, -0.15) is 0 Å². The third-order valence-electron chi connectivity index (χ3n) is 2.62. The minimum atomic E-state index is -2.67. The number of hydrogen-bond donors (Lipinski definition) is 0. The van der Waals surface area contributed by atoms with E-state index >= 15 is 0 Å². The summed E-state index contributed by atoms with van der Waals surface area (Å²) in [4.78, 5) is 0. The van der Waals surface area contributed by atoms with Gasteiger partial charge in [0.15, 0.2) is 0 Å². The van der Waals surface area contributed by atoms with Crippen LogP contribution in [0.4, 0.5) is 0 Å². The number of benzene rings is 1. The van der Waals surface area contributed by atoms with Crippen molar-refractivity contribution in [1.29, 1.82) is 0 Å². The lowest BCUT2D eigenvalue weighted by molar-refractivity contribution is 0.469. The Morgan fingerprint density at radius 2 is 0.677 bits per heavy atom. The maximum atomic E-state index is 9.63. The van der Waals surface area contributed by atoms with E-state index in [0.29, 0.717) is 5.41 Å². The van der Waals surface area contributed by atoms with E-state index in [9.17, 15) is 8.42 Å². The first-order chi connectivity index (χ1) is 11.6. The van der Waals surface area contributed by atoms with Crippen LogP contribution in [0.15, 0.2) is 24.3 Å². The molecule has 0 bridgehead atoms. The van der Waals surface area contributed by atoms with Crippen molar-refractivity contribution < 1.29 is 8.42 Å². The average Bonchev–Trinajstić information content (AvgIpc) is 2.33. The third-order valence-corrected chi connectivity index (χ3v) is 2.62. The van der Waals surface area contributed by atoms with Gasteiger partial charge in [0, 0.05) is 12.5 Å². The molecule has 1 aromatic rings. The Bertz CT molecular complexity index is 529. The molecule has 0 aliphatic rings. The van der Waals surface area contributed by atoms with Crippen molar-refractivity contribution in [3.63, 3.8) is 0 Å². The fourth-order valence-corrected chi connectivity index (χ4v) is 1.47. The van der Waals surface area contributed by atoms with Gasteiger partial charge in [0.1, 0.15) is 9.84 Å². The van der Waals surface area contributed by atoms with Gasteiger partial charge in [0.25, 0.3) is 0 Å². The average molecular weight is 465 g/mol.